The molecule has 0 aromatic heterocycles. The van der Waals surface area contributed by atoms with E-state index >= 15 is 0 Å². The van der Waals surface area contributed by atoms with E-state index in [4.69, 9.17) is 16.7 Å². The average molecular weight is 197 g/mol. The Hall–Kier alpha value is -0.280. The molecule has 0 aliphatic rings. The fraction of sp³-hybridized carbons (Fsp3) is 1.00. The predicted octanol–water partition coefficient (Wildman–Crippen LogP) is -4.11. The summed E-state index contributed by atoms with van der Waals surface area (Å²) in [6, 6.07) is 0. The third-order valence-electron chi connectivity index (χ3n) is 1.64. The molecule has 7 nitrogen and oxygen atoms in total. The fourth-order valence-corrected chi connectivity index (χ4v) is 0.789. The molecule has 4 atom stereocenters. The molecule has 0 aliphatic carbocycles. The van der Waals surface area contributed by atoms with E-state index in [9.17, 15) is 10.2 Å². The summed E-state index contributed by atoms with van der Waals surface area (Å²) >= 11 is 0. The Morgan fingerprint density at radius 1 is 1.15 bits per heavy atom. The zero-order valence-electron chi connectivity index (χ0n) is 7.96. The van der Waals surface area contributed by atoms with Crippen molar-refractivity contribution in [3.8, 4) is 0 Å². The smallest absolute Gasteiger partial charge is 0.137 e. The largest absolute Gasteiger partial charge is 0.394 e. The molecule has 0 radical (unpaired) electrons. The molecule has 0 saturated carbocycles. The average Bonchev–Trinajstić information content (AvgIpc) is 2.22. The number of rotatable bonds is 7. The van der Waals surface area contributed by atoms with Gasteiger partial charge in [-0.25, -0.2) is 0 Å². The SMILES string of the molecule is [2H]NNC[C@@H](O)[C@H](O)[C@H](O)[C@H](O)CO. The van der Waals surface area contributed by atoms with Crippen molar-refractivity contribution in [1.29, 1.82) is 0 Å². The maximum Gasteiger partial charge on any atom is 0.137 e. The maximum absolute atomic E-state index is 9.21. The van der Waals surface area contributed by atoms with Crippen LogP contribution >= 0.6 is 0 Å². The summed E-state index contributed by atoms with van der Waals surface area (Å²) in [5, 5.41) is 44.9. The van der Waals surface area contributed by atoms with Crippen LogP contribution in [0.15, 0.2) is 0 Å². The molecule has 0 aromatic rings. The number of aliphatic hydroxyl groups is 5. The summed E-state index contributed by atoms with van der Waals surface area (Å²) in [4.78, 5) is 0. The van der Waals surface area contributed by atoms with Crippen molar-refractivity contribution >= 4 is 0 Å². The van der Waals surface area contributed by atoms with Gasteiger partial charge in [-0.15, -0.1) is 0 Å². The lowest BCUT2D eigenvalue weighted by atomic mass is 10.0. The monoisotopic (exact) mass is 197 g/mol. The molecular weight excluding hydrogens is 180 g/mol. The molecule has 0 unspecified atom stereocenters. The molecule has 0 rings (SSSR count). The first-order chi connectivity index (χ1) is 6.54. The molecule has 8 N–H and O–H groups in total. The van der Waals surface area contributed by atoms with E-state index in [2.05, 4.69) is 5.43 Å². The molecule has 0 aromatic carbocycles. The minimum absolute atomic E-state index is 0.181. The molecule has 0 amide bonds. The van der Waals surface area contributed by atoms with Crippen molar-refractivity contribution in [2.75, 3.05) is 13.2 Å². The highest BCUT2D eigenvalue weighted by Gasteiger charge is 2.29. The lowest BCUT2D eigenvalue weighted by Gasteiger charge is -2.25. The second kappa shape index (κ2) is 6.22. The van der Waals surface area contributed by atoms with Crippen molar-refractivity contribution in [1.82, 2.24) is 5.43 Å². The van der Waals surface area contributed by atoms with Gasteiger partial charge in [0.05, 0.1) is 12.7 Å². The van der Waals surface area contributed by atoms with Crippen LogP contribution in [0.2, 0.25) is 1.41 Å². The Balaban J connectivity index is 3.95. The van der Waals surface area contributed by atoms with Crippen molar-refractivity contribution < 1.29 is 26.9 Å². The number of nitrogens with one attached hydrogen (secondary N) is 1. The normalized spacial score (nSPS) is 21.8. The van der Waals surface area contributed by atoms with Crippen LogP contribution in [-0.2, 0) is 0 Å². The predicted molar refractivity (Wildman–Crippen MR) is 43.3 cm³/mol. The number of hydrazine groups is 1. The van der Waals surface area contributed by atoms with Crippen LogP contribution in [0.25, 0.3) is 0 Å². The molecule has 7 heteroatoms. The number of hydrogen-bond donors (Lipinski definition) is 7. The molecule has 0 fully saturated rings. The highest BCUT2D eigenvalue weighted by atomic mass is 16.4. The summed E-state index contributed by atoms with van der Waals surface area (Å²) in [5.41, 5.74) is 2.19. The third-order valence-corrected chi connectivity index (χ3v) is 1.64. The second-order valence-electron chi connectivity index (χ2n) is 2.68. The van der Waals surface area contributed by atoms with Crippen molar-refractivity contribution in [3.05, 3.63) is 0 Å². The van der Waals surface area contributed by atoms with E-state index in [0.717, 1.165) is 0 Å². The van der Waals surface area contributed by atoms with Crippen LogP contribution in [0.1, 0.15) is 0 Å². The zero-order valence-corrected chi connectivity index (χ0v) is 6.96. The summed E-state index contributed by atoms with van der Waals surface area (Å²) in [6.45, 7) is -0.894. The maximum atomic E-state index is 9.21. The number of nitrogens with two attached hydrogens (primary N) is 1. The Morgan fingerprint density at radius 2 is 1.69 bits per heavy atom. The van der Waals surface area contributed by atoms with Crippen LogP contribution in [0.4, 0.5) is 0 Å². The summed E-state index contributed by atoms with van der Waals surface area (Å²) in [6.07, 6.45) is -6.10. The van der Waals surface area contributed by atoms with Gasteiger partial charge < -0.3 is 25.5 Å². The highest BCUT2D eigenvalue weighted by Crippen LogP contribution is 2.03. The molecular formula is C6H16N2O5. The fourth-order valence-electron chi connectivity index (χ4n) is 0.789. The van der Waals surface area contributed by atoms with Gasteiger partial charge >= 0.3 is 0 Å². The van der Waals surface area contributed by atoms with Gasteiger partial charge in [0.1, 0.15) is 19.7 Å². The van der Waals surface area contributed by atoms with Crippen molar-refractivity contribution in [2.24, 2.45) is 5.84 Å². The molecule has 0 saturated heterocycles. The number of hydrogen-bond acceptors (Lipinski definition) is 7. The topological polar surface area (TPSA) is 139 Å². The van der Waals surface area contributed by atoms with Crippen LogP contribution in [0.5, 0.6) is 0 Å². The highest BCUT2D eigenvalue weighted by molar-refractivity contribution is 4.80. The summed E-state index contributed by atoms with van der Waals surface area (Å²) < 4.78 is 6.46. The minimum Gasteiger partial charge on any atom is -0.394 e. The molecule has 0 heterocycles. The Labute approximate surface area is 76.9 Å². The zero-order chi connectivity index (χ0) is 11.1. The van der Waals surface area contributed by atoms with E-state index in [1.165, 1.54) is 0 Å². The second-order valence-corrected chi connectivity index (χ2v) is 2.68. The molecule has 0 bridgehead atoms. The number of aliphatic hydroxyl groups excluding tert-OH is 5. The Kier molecular flexibility index (Phi) is 5.16. The first-order valence-corrected chi connectivity index (χ1v) is 3.77. The standard InChI is InChI=1S/C6H16N2O5/c7-8-1-3(10)5(12)6(13)4(11)2-9/h3-6,8-13H,1-2,7H2/t3-,4-,5+,6-/m1/s1/i/hD. The van der Waals surface area contributed by atoms with Gasteiger partial charge in [-0.2, -0.15) is 0 Å². The van der Waals surface area contributed by atoms with Gasteiger partial charge in [0.15, 0.2) is 0 Å². The molecule has 0 aliphatic heterocycles. The Morgan fingerprint density at radius 3 is 2.15 bits per heavy atom. The van der Waals surface area contributed by atoms with Gasteiger partial charge in [0.2, 0.25) is 0 Å². The molecule has 13 heavy (non-hydrogen) atoms. The van der Waals surface area contributed by atoms with Crippen molar-refractivity contribution in [2.45, 2.75) is 24.4 Å². The Bertz CT molecular complexity index is 152. The molecule has 80 valence electrons. The van der Waals surface area contributed by atoms with E-state index in [0.29, 0.717) is 0 Å². The lowest BCUT2D eigenvalue weighted by Crippen LogP contribution is -2.49. The lowest BCUT2D eigenvalue weighted by molar-refractivity contribution is -0.113. The first-order valence-electron chi connectivity index (χ1n) is 4.27. The quantitative estimate of drug-likeness (QED) is 0.162. The van der Waals surface area contributed by atoms with Crippen LogP contribution in [-0.4, -0.2) is 63.1 Å². The van der Waals surface area contributed by atoms with Gasteiger partial charge in [0, 0.05) is 6.54 Å². The van der Waals surface area contributed by atoms with Gasteiger partial charge in [-0.3, -0.25) is 11.3 Å². The van der Waals surface area contributed by atoms with Crippen LogP contribution < -0.4 is 11.3 Å². The van der Waals surface area contributed by atoms with E-state index in [1.807, 2.05) is 0 Å². The van der Waals surface area contributed by atoms with Gasteiger partial charge in [-0.05, 0) is 0 Å². The first kappa shape index (κ1) is 10.8. The van der Waals surface area contributed by atoms with Crippen LogP contribution in [0, 0.1) is 0 Å². The van der Waals surface area contributed by atoms with Gasteiger partial charge in [0.25, 0.3) is 0 Å². The van der Waals surface area contributed by atoms with Gasteiger partial charge in [-0.1, -0.05) is 0 Å². The summed E-state index contributed by atoms with van der Waals surface area (Å²) in [7, 11) is 0. The van der Waals surface area contributed by atoms with E-state index < -0.39 is 31.0 Å². The minimum atomic E-state index is -1.64. The molecule has 0 spiro atoms. The van der Waals surface area contributed by atoms with E-state index in [1.54, 1.807) is 5.84 Å². The van der Waals surface area contributed by atoms with Crippen molar-refractivity contribution in [3.63, 3.8) is 0 Å². The van der Waals surface area contributed by atoms with Crippen LogP contribution in [0.3, 0.4) is 0 Å². The third kappa shape index (κ3) is 3.96. The summed E-state index contributed by atoms with van der Waals surface area (Å²) in [5.74, 6) is 1.77. The van der Waals surface area contributed by atoms with E-state index in [-0.39, 0.29) is 6.54 Å².